The highest BCUT2D eigenvalue weighted by Crippen LogP contribution is 2.14. The first-order valence-electron chi connectivity index (χ1n) is 9.47. The van der Waals surface area contributed by atoms with E-state index in [4.69, 9.17) is 0 Å². The van der Waals surface area contributed by atoms with Gasteiger partial charge in [-0.05, 0) is 38.1 Å². The minimum absolute atomic E-state index is 0.140. The lowest BCUT2D eigenvalue weighted by molar-refractivity contribution is 0.112. The molecule has 27 heavy (non-hydrogen) atoms. The molecule has 0 aromatic heterocycles. The van der Waals surface area contributed by atoms with Gasteiger partial charge in [0.25, 0.3) is 0 Å². The maximum absolute atomic E-state index is 12.7. The van der Waals surface area contributed by atoms with Crippen LogP contribution in [-0.4, -0.2) is 64.0 Å². The molecular formula is C21H29N3O2S. The molecule has 0 amide bonds. The normalized spacial score (nSPS) is 17.7. The second-order valence-electron chi connectivity index (χ2n) is 7.35. The molecule has 0 aliphatic carbocycles. The van der Waals surface area contributed by atoms with Crippen molar-refractivity contribution in [2.24, 2.45) is 0 Å². The molecule has 1 unspecified atom stereocenters. The average molecular weight is 388 g/mol. The smallest absolute Gasteiger partial charge is 0.240 e. The van der Waals surface area contributed by atoms with E-state index in [0.717, 1.165) is 38.2 Å². The van der Waals surface area contributed by atoms with Crippen molar-refractivity contribution in [2.75, 3.05) is 39.8 Å². The molecule has 6 heteroatoms. The third-order valence-corrected chi connectivity index (χ3v) is 6.65. The summed E-state index contributed by atoms with van der Waals surface area (Å²) < 4.78 is 28.2. The fourth-order valence-electron chi connectivity index (χ4n) is 3.41. The van der Waals surface area contributed by atoms with Gasteiger partial charge in [0.05, 0.1) is 4.90 Å². The van der Waals surface area contributed by atoms with Gasteiger partial charge in [-0.1, -0.05) is 48.0 Å². The molecule has 1 aliphatic rings. The number of benzene rings is 2. The van der Waals surface area contributed by atoms with Crippen LogP contribution in [-0.2, 0) is 16.4 Å². The van der Waals surface area contributed by atoms with Crippen LogP contribution in [0.5, 0.6) is 0 Å². The predicted molar refractivity (Wildman–Crippen MR) is 109 cm³/mol. The molecule has 1 saturated heterocycles. The number of hydrogen-bond donors (Lipinski definition) is 1. The fourth-order valence-corrected chi connectivity index (χ4v) is 4.48. The van der Waals surface area contributed by atoms with Gasteiger partial charge in [0.2, 0.25) is 10.0 Å². The zero-order chi connectivity index (χ0) is 19.3. The zero-order valence-corrected chi connectivity index (χ0v) is 17.0. The number of nitrogens with zero attached hydrogens (tertiary/aromatic N) is 2. The second kappa shape index (κ2) is 8.97. The van der Waals surface area contributed by atoms with E-state index in [1.807, 2.05) is 37.3 Å². The van der Waals surface area contributed by atoms with Crippen LogP contribution in [0.1, 0.15) is 11.1 Å². The van der Waals surface area contributed by atoms with Crippen molar-refractivity contribution in [3.63, 3.8) is 0 Å². The van der Waals surface area contributed by atoms with E-state index in [-0.39, 0.29) is 6.04 Å². The lowest BCUT2D eigenvalue weighted by atomic mass is 10.0. The lowest BCUT2D eigenvalue weighted by Crippen LogP contribution is -2.53. The number of piperazine rings is 1. The number of nitrogens with one attached hydrogen (secondary N) is 1. The summed E-state index contributed by atoms with van der Waals surface area (Å²) in [7, 11) is -1.37. The molecule has 5 nitrogen and oxygen atoms in total. The summed E-state index contributed by atoms with van der Waals surface area (Å²) in [6.45, 7) is 6.30. The van der Waals surface area contributed by atoms with E-state index in [9.17, 15) is 8.42 Å². The van der Waals surface area contributed by atoms with Crippen LogP contribution >= 0.6 is 0 Å². The zero-order valence-electron chi connectivity index (χ0n) is 16.1. The molecule has 3 rings (SSSR count). The van der Waals surface area contributed by atoms with Crippen LogP contribution < -0.4 is 4.72 Å². The maximum atomic E-state index is 12.7. The Kier molecular flexibility index (Phi) is 6.65. The van der Waals surface area contributed by atoms with E-state index in [2.05, 4.69) is 33.7 Å². The number of rotatable bonds is 7. The first-order valence-corrected chi connectivity index (χ1v) is 11.0. The molecule has 2 aromatic rings. The lowest BCUT2D eigenvalue weighted by Gasteiger charge is -2.38. The summed E-state index contributed by atoms with van der Waals surface area (Å²) in [5.74, 6) is 0. The van der Waals surface area contributed by atoms with Gasteiger partial charge in [0, 0.05) is 38.8 Å². The molecule has 1 N–H and O–H groups in total. The Labute approximate surface area is 163 Å². The van der Waals surface area contributed by atoms with Gasteiger partial charge in [-0.15, -0.1) is 0 Å². The standard InChI is InChI=1S/C21H29N3O2S/c1-18-8-10-21(11-9-18)27(25,26)22-17-20(16-19-6-4-3-5-7-19)24-14-12-23(2)13-15-24/h3-11,20,22H,12-17H2,1-2H3. The Balaban J connectivity index is 1.71. The Morgan fingerprint density at radius 2 is 1.59 bits per heavy atom. The molecule has 0 saturated carbocycles. The Morgan fingerprint density at radius 1 is 0.963 bits per heavy atom. The van der Waals surface area contributed by atoms with Crippen LogP contribution in [0.4, 0.5) is 0 Å². The average Bonchev–Trinajstić information content (AvgIpc) is 2.67. The van der Waals surface area contributed by atoms with Crippen LogP contribution in [0.25, 0.3) is 0 Å². The van der Waals surface area contributed by atoms with Gasteiger partial charge in [-0.2, -0.15) is 0 Å². The summed E-state index contributed by atoms with van der Waals surface area (Å²) in [5, 5.41) is 0. The van der Waals surface area contributed by atoms with Crippen molar-refractivity contribution in [1.29, 1.82) is 0 Å². The molecule has 1 atom stereocenters. The highest BCUT2D eigenvalue weighted by atomic mass is 32.2. The molecule has 1 heterocycles. The summed E-state index contributed by atoms with van der Waals surface area (Å²) in [4.78, 5) is 5.04. The van der Waals surface area contributed by atoms with Crippen LogP contribution in [0.15, 0.2) is 59.5 Å². The minimum Gasteiger partial charge on any atom is -0.304 e. The summed E-state index contributed by atoms with van der Waals surface area (Å²) in [6.07, 6.45) is 0.834. The van der Waals surface area contributed by atoms with Crippen molar-refractivity contribution in [2.45, 2.75) is 24.3 Å². The Bertz CT molecular complexity index is 814. The topological polar surface area (TPSA) is 52.7 Å². The van der Waals surface area contributed by atoms with E-state index in [1.165, 1.54) is 5.56 Å². The minimum atomic E-state index is -3.50. The molecule has 146 valence electrons. The van der Waals surface area contributed by atoms with Crippen molar-refractivity contribution in [3.8, 4) is 0 Å². The highest BCUT2D eigenvalue weighted by molar-refractivity contribution is 7.89. The molecular weight excluding hydrogens is 358 g/mol. The van der Waals surface area contributed by atoms with Crippen molar-refractivity contribution in [1.82, 2.24) is 14.5 Å². The van der Waals surface area contributed by atoms with E-state index in [1.54, 1.807) is 12.1 Å². The van der Waals surface area contributed by atoms with Crippen molar-refractivity contribution < 1.29 is 8.42 Å². The van der Waals surface area contributed by atoms with Gasteiger partial charge in [-0.25, -0.2) is 13.1 Å². The van der Waals surface area contributed by atoms with Crippen LogP contribution in [0.2, 0.25) is 0 Å². The summed E-state index contributed by atoms with van der Waals surface area (Å²) >= 11 is 0. The third-order valence-electron chi connectivity index (χ3n) is 5.21. The molecule has 0 radical (unpaired) electrons. The molecule has 0 bridgehead atoms. The molecule has 1 aliphatic heterocycles. The maximum Gasteiger partial charge on any atom is 0.240 e. The van der Waals surface area contributed by atoms with Gasteiger partial charge in [-0.3, -0.25) is 4.90 Å². The molecule has 1 fully saturated rings. The first-order chi connectivity index (χ1) is 12.9. The summed E-state index contributed by atoms with van der Waals surface area (Å²) in [5.41, 5.74) is 2.28. The van der Waals surface area contributed by atoms with Gasteiger partial charge in [0.1, 0.15) is 0 Å². The van der Waals surface area contributed by atoms with E-state index < -0.39 is 10.0 Å². The van der Waals surface area contributed by atoms with Crippen molar-refractivity contribution in [3.05, 3.63) is 65.7 Å². The Hall–Kier alpha value is -1.73. The quantitative estimate of drug-likeness (QED) is 0.791. The second-order valence-corrected chi connectivity index (χ2v) is 9.11. The fraction of sp³-hybridized carbons (Fsp3) is 0.429. The number of aryl methyl sites for hydroxylation is 1. The van der Waals surface area contributed by atoms with Crippen LogP contribution in [0, 0.1) is 6.92 Å². The third kappa shape index (κ3) is 5.62. The highest BCUT2D eigenvalue weighted by Gasteiger charge is 2.25. The van der Waals surface area contributed by atoms with Gasteiger partial charge in [0.15, 0.2) is 0 Å². The number of hydrogen-bond acceptors (Lipinski definition) is 4. The van der Waals surface area contributed by atoms with E-state index >= 15 is 0 Å². The SMILES string of the molecule is Cc1ccc(S(=O)(=O)NCC(Cc2ccccc2)N2CCN(C)CC2)cc1. The van der Waals surface area contributed by atoms with E-state index in [0.29, 0.717) is 11.4 Å². The van der Waals surface area contributed by atoms with Gasteiger partial charge < -0.3 is 4.90 Å². The monoisotopic (exact) mass is 387 g/mol. The predicted octanol–water partition coefficient (Wildman–Crippen LogP) is 2.13. The summed E-state index contributed by atoms with van der Waals surface area (Å²) in [6, 6.07) is 17.4. The molecule has 0 spiro atoms. The Morgan fingerprint density at radius 3 is 2.22 bits per heavy atom. The van der Waals surface area contributed by atoms with Crippen molar-refractivity contribution >= 4 is 10.0 Å². The molecule has 2 aromatic carbocycles. The number of likely N-dealkylation sites (N-methyl/N-ethyl adjacent to an activating group) is 1. The van der Waals surface area contributed by atoms with Gasteiger partial charge >= 0.3 is 0 Å². The number of sulfonamides is 1. The largest absolute Gasteiger partial charge is 0.304 e. The first kappa shape index (κ1) is 20.0. The van der Waals surface area contributed by atoms with Crippen LogP contribution in [0.3, 0.4) is 0 Å².